The molecule has 150 valence electrons. The molecule has 3 aromatic rings. The molecule has 2 aromatic carbocycles. The summed E-state index contributed by atoms with van der Waals surface area (Å²) in [7, 11) is 0. The van der Waals surface area contributed by atoms with E-state index in [0.29, 0.717) is 0 Å². The fourth-order valence-electron chi connectivity index (χ4n) is 3.59. The molecule has 0 spiro atoms. The lowest BCUT2D eigenvalue weighted by Gasteiger charge is -2.37. The molecule has 0 unspecified atom stereocenters. The van der Waals surface area contributed by atoms with Gasteiger partial charge in [-0.25, -0.2) is 9.97 Å². The van der Waals surface area contributed by atoms with Crippen LogP contribution in [0.5, 0.6) is 0 Å². The van der Waals surface area contributed by atoms with Crippen LogP contribution in [0.15, 0.2) is 66.7 Å². The second-order valence-electron chi connectivity index (χ2n) is 8.49. The lowest BCUT2D eigenvalue weighted by Crippen LogP contribution is -2.47. The van der Waals surface area contributed by atoms with E-state index in [1.165, 1.54) is 5.69 Å². The van der Waals surface area contributed by atoms with Crippen LogP contribution < -0.4 is 15.1 Å². The third kappa shape index (κ3) is 4.86. The van der Waals surface area contributed by atoms with Gasteiger partial charge in [0.1, 0.15) is 11.6 Å². The van der Waals surface area contributed by atoms with Crippen molar-refractivity contribution >= 4 is 17.3 Å². The number of piperazine rings is 1. The summed E-state index contributed by atoms with van der Waals surface area (Å²) < 4.78 is 0. The molecule has 5 heteroatoms. The highest BCUT2D eigenvalue weighted by atomic mass is 15.3. The van der Waals surface area contributed by atoms with Gasteiger partial charge in [-0.2, -0.15) is 0 Å². The van der Waals surface area contributed by atoms with Crippen molar-refractivity contribution in [2.75, 3.05) is 41.3 Å². The minimum atomic E-state index is -0.0639. The van der Waals surface area contributed by atoms with Crippen LogP contribution in [0, 0.1) is 0 Å². The fourth-order valence-corrected chi connectivity index (χ4v) is 3.59. The quantitative estimate of drug-likeness (QED) is 0.704. The van der Waals surface area contributed by atoms with Crippen LogP contribution >= 0.6 is 0 Å². The molecule has 0 radical (unpaired) electrons. The summed E-state index contributed by atoms with van der Waals surface area (Å²) in [5.74, 6) is 2.62. The van der Waals surface area contributed by atoms with Crippen LogP contribution in [0.4, 0.5) is 17.3 Å². The van der Waals surface area contributed by atoms with Gasteiger partial charge < -0.3 is 15.1 Å². The first-order chi connectivity index (χ1) is 14.0. The summed E-state index contributed by atoms with van der Waals surface area (Å²) in [6.45, 7) is 10.3. The Morgan fingerprint density at radius 1 is 0.759 bits per heavy atom. The third-order valence-corrected chi connectivity index (χ3v) is 4.97. The second-order valence-corrected chi connectivity index (χ2v) is 8.49. The number of hydrogen-bond donors (Lipinski definition) is 1. The first-order valence-electron chi connectivity index (χ1n) is 10.3. The Balaban J connectivity index is 1.59. The smallest absolute Gasteiger partial charge is 0.163 e. The average Bonchev–Trinajstić information content (AvgIpc) is 2.74. The molecule has 0 aliphatic carbocycles. The number of nitrogens with one attached hydrogen (secondary N) is 1. The zero-order valence-electron chi connectivity index (χ0n) is 17.5. The third-order valence-electron chi connectivity index (χ3n) is 4.97. The van der Waals surface area contributed by atoms with Gasteiger partial charge in [0.25, 0.3) is 0 Å². The molecule has 0 amide bonds. The summed E-state index contributed by atoms with van der Waals surface area (Å²) in [6, 6.07) is 22.9. The summed E-state index contributed by atoms with van der Waals surface area (Å²) in [5, 5.41) is 3.52. The van der Waals surface area contributed by atoms with Crippen molar-refractivity contribution in [3.05, 3.63) is 66.7 Å². The molecule has 1 aliphatic rings. The zero-order valence-corrected chi connectivity index (χ0v) is 17.5. The summed E-state index contributed by atoms with van der Waals surface area (Å²) in [4.78, 5) is 14.5. The van der Waals surface area contributed by atoms with Crippen molar-refractivity contribution < 1.29 is 0 Å². The molecule has 1 aliphatic heterocycles. The van der Waals surface area contributed by atoms with Crippen molar-refractivity contribution in [1.29, 1.82) is 0 Å². The van der Waals surface area contributed by atoms with Crippen LogP contribution in [0.1, 0.15) is 20.8 Å². The van der Waals surface area contributed by atoms with E-state index in [2.05, 4.69) is 84.4 Å². The molecule has 5 nitrogen and oxygen atoms in total. The van der Waals surface area contributed by atoms with E-state index < -0.39 is 0 Å². The normalized spacial score (nSPS) is 14.7. The minimum Gasteiger partial charge on any atom is -0.368 e. The molecule has 4 rings (SSSR count). The molecular weight excluding hydrogens is 358 g/mol. The average molecular weight is 388 g/mol. The van der Waals surface area contributed by atoms with E-state index in [4.69, 9.17) is 9.97 Å². The Labute approximate surface area is 173 Å². The van der Waals surface area contributed by atoms with E-state index in [9.17, 15) is 0 Å². The van der Waals surface area contributed by atoms with Gasteiger partial charge in [0.05, 0.1) is 0 Å². The maximum absolute atomic E-state index is 4.91. The standard InChI is InChI=1S/C24H29N5/c1-24(2,3)27-21-18-22(26-23(25-21)19-10-6-4-7-11-19)29-16-14-28(15-17-29)20-12-8-5-9-13-20/h4-13,18H,14-17H2,1-3H3,(H,25,26,27). The van der Waals surface area contributed by atoms with E-state index >= 15 is 0 Å². The van der Waals surface area contributed by atoms with Gasteiger partial charge in [-0.05, 0) is 32.9 Å². The maximum atomic E-state index is 4.91. The lowest BCUT2D eigenvalue weighted by molar-refractivity contribution is 0.628. The summed E-state index contributed by atoms with van der Waals surface area (Å²) in [5.41, 5.74) is 2.26. The first-order valence-corrected chi connectivity index (χ1v) is 10.3. The predicted octanol–water partition coefficient (Wildman–Crippen LogP) is 4.68. The van der Waals surface area contributed by atoms with Crippen LogP contribution in [0.3, 0.4) is 0 Å². The van der Waals surface area contributed by atoms with Crippen molar-refractivity contribution in [3.63, 3.8) is 0 Å². The van der Waals surface area contributed by atoms with Crippen molar-refractivity contribution in [2.45, 2.75) is 26.3 Å². The number of para-hydroxylation sites is 1. The van der Waals surface area contributed by atoms with E-state index in [1.807, 2.05) is 18.2 Å². The van der Waals surface area contributed by atoms with E-state index in [-0.39, 0.29) is 5.54 Å². The van der Waals surface area contributed by atoms with Gasteiger partial charge in [-0.15, -0.1) is 0 Å². The van der Waals surface area contributed by atoms with Gasteiger partial charge >= 0.3 is 0 Å². The highest BCUT2D eigenvalue weighted by Crippen LogP contribution is 2.26. The number of benzene rings is 2. The van der Waals surface area contributed by atoms with Crippen LogP contribution in [-0.4, -0.2) is 41.7 Å². The minimum absolute atomic E-state index is 0.0639. The lowest BCUT2D eigenvalue weighted by atomic mass is 10.1. The molecule has 1 N–H and O–H groups in total. The van der Waals surface area contributed by atoms with Crippen molar-refractivity contribution in [3.8, 4) is 11.4 Å². The van der Waals surface area contributed by atoms with Gasteiger partial charge in [-0.1, -0.05) is 48.5 Å². The number of aromatic nitrogens is 2. The molecular formula is C24H29N5. The molecule has 0 atom stereocenters. The molecule has 0 saturated carbocycles. The molecule has 1 aromatic heterocycles. The topological polar surface area (TPSA) is 44.3 Å². The maximum Gasteiger partial charge on any atom is 0.163 e. The van der Waals surface area contributed by atoms with Crippen LogP contribution in [0.25, 0.3) is 11.4 Å². The van der Waals surface area contributed by atoms with Gasteiger partial charge in [0.2, 0.25) is 0 Å². The van der Waals surface area contributed by atoms with E-state index in [1.54, 1.807) is 0 Å². The van der Waals surface area contributed by atoms with Crippen molar-refractivity contribution in [2.24, 2.45) is 0 Å². The SMILES string of the molecule is CC(C)(C)Nc1cc(N2CCN(c3ccccc3)CC2)nc(-c2ccccc2)n1. The molecule has 1 saturated heterocycles. The van der Waals surface area contributed by atoms with Gasteiger partial charge in [0, 0.05) is 49.0 Å². The molecule has 1 fully saturated rings. The first kappa shape index (κ1) is 19.2. The monoisotopic (exact) mass is 387 g/mol. The largest absolute Gasteiger partial charge is 0.368 e. The van der Waals surface area contributed by atoms with Gasteiger partial charge in [-0.3, -0.25) is 0 Å². The molecule has 29 heavy (non-hydrogen) atoms. The summed E-state index contributed by atoms with van der Waals surface area (Å²) >= 11 is 0. The number of nitrogens with zero attached hydrogens (tertiary/aromatic N) is 4. The van der Waals surface area contributed by atoms with Gasteiger partial charge in [0.15, 0.2) is 5.82 Å². The predicted molar refractivity (Wildman–Crippen MR) is 122 cm³/mol. The van der Waals surface area contributed by atoms with Crippen LogP contribution in [-0.2, 0) is 0 Å². The Hall–Kier alpha value is -3.08. The Morgan fingerprint density at radius 2 is 1.34 bits per heavy atom. The highest BCUT2D eigenvalue weighted by Gasteiger charge is 2.21. The number of rotatable bonds is 4. The van der Waals surface area contributed by atoms with E-state index in [0.717, 1.165) is 49.2 Å². The highest BCUT2D eigenvalue weighted by molar-refractivity contribution is 5.62. The Bertz CT molecular complexity index is 926. The summed E-state index contributed by atoms with van der Waals surface area (Å²) in [6.07, 6.45) is 0. The Morgan fingerprint density at radius 3 is 1.97 bits per heavy atom. The fraction of sp³-hybridized carbons (Fsp3) is 0.333. The second kappa shape index (κ2) is 8.11. The van der Waals surface area contributed by atoms with Crippen LogP contribution in [0.2, 0.25) is 0 Å². The molecule has 0 bridgehead atoms. The molecule has 2 heterocycles. The number of anilines is 3. The zero-order chi connectivity index (χ0) is 20.3. The number of hydrogen-bond acceptors (Lipinski definition) is 5. The Kier molecular flexibility index (Phi) is 5.38. The van der Waals surface area contributed by atoms with Crippen molar-refractivity contribution in [1.82, 2.24) is 9.97 Å².